The molecule has 0 saturated carbocycles. The highest BCUT2D eigenvalue weighted by molar-refractivity contribution is 6.12. The van der Waals surface area contributed by atoms with Crippen molar-refractivity contribution >= 4 is 22.6 Å². The van der Waals surface area contributed by atoms with Crippen LogP contribution in [0.2, 0.25) is 0 Å². The van der Waals surface area contributed by atoms with E-state index in [4.69, 9.17) is 0 Å². The van der Waals surface area contributed by atoms with Crippen molar-refractivity contribution in [2.75, 3.05) is 5.32 Å². The van der Waals surface area contributed by atoms with Gasteiger partial charge in [-0.05, 0) is 25.1 Å². The zero-order valence-electron chi connectivity index (χ0n) is 15.0. The van der Waals surface area contributed by atoms with Crippen LogP contribution in [0.1, 0.15) is 17.3 Å². The third kappa shape index (κ3) is 3.22. The van der Waals surface area contributed by atoms with Gasteiger partial charge in [0.15, 0.2) is 5.65 Å². The summed E-state index contributed by atoms with van der Waals surface area (Å²) in [6.07, 6.45) is 1.57. The molecule has 0 bridgehead atoms. The van der Waals surface area contributed by atoms with E-state index in [0.717, 1.165) is 17.7 Å². The molecule has 0 unspecified atom stereocenters. The van der Waals surface area contributed by atoms with Crippen LogP contribution in [-0.4, -0.2) is 20.7 Å². The zero-order chi connectivity index (χ0) is 19.7. The van der Waals surface area contributed by atoms with E-state index < -0.39 is 17.5 Å². The normalized spacial score (nSPS) is 11.0. The minimum atomic E-state index is -0.841. The fourth-order valence-electron chi connectivity index (χ4n) is 3.00. The van der Waals surface area contributed by atoms with Gasteiger partial charge in [-0.2, -0.15) is 5.10 Å². The molecule has 0 aliphatic rings. The maximum Gasteiger partial charge on any atom is 0.256 e. The molecule has 0 saturated heterocycles. The van der Waals surface area contributed by atoms with Gasteiger partial charge in [-0.15, -0.1) is 0 Å². The number of nitrogens with one attached hydrogen (secondary N) is 1. The predicted octanol–water partition coefficient (Wildman–Crippen LogP) is 4.65. The molecule has 2 aromatic carbocycles. The molecule has 0 atom stereocenters. The number of aryl methyl sites for hydroxylation is 1. The van der Waals surface area contributed by atoms with Gasteiger partial charge in [0, 0.05) is 18.2 Å². The van der Waals surface area contributed by atoms with Crippen LogP contribution in [0.15, 0.2) is 60.8 Å². The number of anilines is 1. The van der Waals surface area contributed by atoms with Crippen molar-refractivity contribution in [3.05, 3.63) is 78.0 Å². The molecule has 0 fully saturated rings. The maximum atomic E-state index is 14.0. The molecule has 0 aliphatic heterocycles. The van der Waals surface area contributed by atoms with Crippen molar-refractivity contribution < 1.29 is 13.6 Å². The van der Waals surface area contributed by atoms with Crippen LogP contribution in [0.5, 0.6) is 0 Å². The monoisotopic (exact) mass is 378 g/mol. The number of pyridine rings is 1. The molecule has 2 aromatic heterocycles. The highest BCUT2D eigenvalue weighted by Crippen LogP contribution is 2.26. The van der Waals surface area contributed by atoms with E-state index in [1.165, 1.54) is 6.07 Å². The first-order valence-corrected chi connectivity index (χ1v) is 8.75. The van der Waals surface area contributed by atoms with E-state index in [-0.39, 0.29) is 5.69 Å². The molecule has 0 aliphatic carbocycles. The lowest BCUT2D eigenvalue weighted by molar-refractivity contribution is 0.102. The lowest BCUT2D eigenvalue weighted by Gasteiger charge is -2.10. The molecule has 1 amide bonds. The third-order valence-electron chi connectivity index (χ3n) is 4.40. The molecule has 0 radical (unpaired) electrons. The molecule has 4 aromatic rings. The molecule has 140 valence electrons. The zero-order valence-corrected chi connectivity index (χ0v) is 15.0. The Labute approximate surface area is 159 Å². The molecule has 7 heteroatoms. The average molecular weight is 378 g/mol. The molecule has 5 nitrogen and oxygen atoms in total. The fraction of sp³-hybridized carbons (Fsp3) is 0.0952. The Hall–Kier alpha value is -3.61. The minimum absolute atomic E-state index is 0.0968. The Morgan fingerprint density at radius 1 is 1.11 bits per heavy atom. The number of fused-ring (bicyclic) bond motifs is 1. The van der Waals surface area contributed by atoms with Gasteiger partial charge in [-0.1, -0.05) is 30.3 Å². The van der Waals surface area contributed by atoms with Crippen molar-refractivity contribution in [2.24, 2.45) is 0 Å². The van der Waals surface area contributed by atoms with Crippen LogP contribution >= 0.6 is 0 Å². The topological polar surface area (TPSA) is 59.8 Å². The third-order valence-corrected chi connectivity index (χ3v) is 4.40. The highest BCUT2D eigenvalue weighted by atomic mass is 19.1. The van der Waals surface area contributed by atoms with Crippen LogP contribution in [0.3, 0.4) is 0 Å². The Morgan fingerprint density at radius 3 is 2.61 bits per heavy atom. The number of carbonyl (C=O) groups is 1. The van der Waals surface area contributed by atoms with E-state index in [9.17, 15) is 13.6 Å². The van der Waals surface area contributed by atoms with Crippen molar-refractivity contribution in [2.45, 2.75) is 13.5 Å². The highest BCUT2D eigenvalue weighted by Gasteiger charge is 2.18. The van der Waals surface area contributed by atoms with Gasteiger partial charge < -0.3 is 5.32 Å². The largest absolute Gasteiger partial charge is 0.319 e. The van der Waals surface area contributed by atoms with E-state index >= 15 is 0 Å². The quantitative estimate of drug-likeness (QED) is 0.562. The summed E-state index contributed by atoms with van der Waals surface area (Å²) >= 11 is 0. The van der Waals surface area contributed by atoms with Crippen LogP contribution in [0.25, 0.3) is 22.3 Å². The molecule has 1 N–H and O–H groups in total. The Bertz CT molecular complexity index is 1170. The van der Waals surface area contributed by atoms with E-state index in [0.29, 0.717) is 28.8 Å². The Morgan fingerprint density at radius 2 is 1.89 bits per heavy atom. The van der Waals surface area contributed by atoms with E-state index in [1.54, 1.807) is 16.9 Å². The summed E-state index contributed by atoms with van der Waals surface area (Å²) in [7, 11) is 0. The molecule has 4 rings (SSSR count). The van der Waals surface area contributed by atoms with Gasteiger partial charge in [-0.25, -0.2) is 18.4 Å². The fourth-order valence-corrected chi connectivity index (χ4v) is 3.00. The second kappa shape index (κ2) is 7.19. The molecular formula is C21H16F2N4O. The van der Waals surface area contributed by atoms with Crippen LogP contribution in [-0.2, 0) is 6.54 Å². The number of amides is 1. The van der Waals surface area contributed by atoms with E-state index in [2.05, 4.69) is 15.4 Å². The summed E-state index contributed by atoms with van der Waals surface area (Å²) in [6, 6.07) is 14.1. The minimum Gasteiger partial charge on any atom is -0.319 e. The second-order valence-electron chi connectivity index (χ2n) is 6.20. The van der Waals surface area contributed by atoms with Gasteiger partial charge in [0.25, 0.3) is 5.91 Å². The Kier molecular flexibility index (Phi) is 4.57. The van der Waals surface area contributed by atoms with Crippen molar-refractivity contribution in [1.29, 1.82) is 0 Å². The first-order valence-electron chi connectivity index (χ1n) is 8.75. The number of nitrogens with zero attached hydrogens (tertiary/aromatic N) is 3. The number of hydrogen-bond donors (Lipinski definition) is 1. The number of hydrogen-bond acceptors (Lipinski definition) is 3. The average Bonchev–Trinajstić information content (AvgIpc) is 3.13. The van der Waals surface area contributed by atoms with Crippen molar-refractivity contribution in [1.82, 2.24) is 14.8 Å². The van der Waals surface area contributed by atoms with Gasteiger partial charge in [0.1, 0.15) is 11.6 Å². The summed E-state index contributed by atoms with van der Waals surface area (Å²) < 4.78 is 28.8. The molecule has 28 heavy (non-hydrogen) atoms. The van der Waals surface area contributed by atoms with Gasteiger partial charge >= 0.3 is 0 Å². The SMILES string of the molecule is CCn1ncc2c(C(=O)Nc3ccc(F)cc3F)cc(-c3ccccc3)nc21. The lowest BCUT2D eigenvalue weighted by Crippen LogP contribution is -2.14. The second-order valence-corrected chi connectivity index (χ2v) is 6.20. The number of carbonyl (C=O) groups excluding carboxylic acids is 1. The van der Waals surface area contributed by atoms with Crippen LogP contribution in [0, 0.1) is 11.6 Å². The number of rotatable bonds is 4. The molecular weight excluding hydrogens is 362 g/mol. The van der Waals surface area contributed by atoms with Crippen molar-refractivity contribution in [3.8, 4) is 11.3 Å². The number of benzene rings is 2. The first kappa shape index (κ1) is 17.8. The van der Waals surface area contributed by atoms with Gasteiger partial charge in [-0.3, -0.25) is 4.79 Å². The van der Waals surface area contributed by atoms with Crippen LogP contribution < -0.4 is 5.32 Å². The summed E-state index contributed by atoms with van der Waals surface area (Å²) in [5.41, 5.74) is 2.23. The standard InChI is InChI=1S/C21H16F2N4O/c1-2-27-20-16(12-24-27)15(11-19(25-20)13-6-4-3-5-7-13)21(28)26-18-9-8-14(22)10-17(18)23/h3-12H,2H2,1H3,(H,26,28). The summed E-state index contributed by atoms with van der Waals surface area (Å²) in [5, 5.41) is 7.34. The smallest absolute Gasteiger partial charge is 0.256 e. The number of halogens is 2. The predicted molar refractivity (Wildman–Crippen MR) is 103 cm³/mol. The van der Waals surface area contributed by atoms with Gasteiger partial charge in [0.2, 0.25) is 0 Å². The molecule has 2 heterocycles. The summed E-state index contributed by atoms with van der Waals surface area (Å²) in [5.74, 6) is -2.07. The van der Waals surface area contributed by atoms with Crippen molar-refractivity contribution in [3.63, 3.8) is 0 Å². The number of aromatic nitrogens is 3. The Balaban J connectivity index is 1.82. The summed E-state index contributed by atoms with van der Waals surface area (Å²) in [6.45, 7) is 2.51. The lowest BCUT2D eigenvalue weighted by atomic mass is 10.1. The summed E-state index contributed by atoms with van der Waals surface area (Å²) in [4.78, 5) is 17.6. The van der Waals surface area contributed by atoms with Gasteiger partial charge in [0.05, 0.1) is 28.5 Å². The van der Waals surface area contributed by atoms with E-state index in [1.807, 2.05) is 37.3 Å². The maximum absolute atomic E-state index is 14.0. The van der Waals surface area contributed by atoms with Crippen LogP contribution in [0.4, 0.5) is 14.5 Å². The molecule has 0 spiro atoms. The first-order chi connectivity index (χ1) is 13.6.